The Morgan fingerprint density at radius 2 is 2.20 bits per heavy atom. The number of pyridine rings is 1. The van der Waals surface area contributed by atoms with Gasteiger partial charge < -0.3 is 15.0 Å². The van der Waals surface area contributed by atoms with Gasteiger partial charge in [-0.05, 0) is 43.7 Å². The zero-order valence-corrected chi connectivity index (χ0v) is 11.9. The first-order chi connectivity index (χ1) is 9.81. The zero-order valence-electron chi connectivity index (χ0n) is 11.9. The van der Waals surface area contributed by atoms with E-state index in [4.69, 9.17) is 9.72 Å². The van der Waals surface area contributed by atoms with Crippen LogP contribution in [0.2, 0.25) is 0 Å². The summed E-state index contributed by atoms with van der Waals surface area (Å²) in [6, 6.07) is 3.52. The van der Waals surface area contributed by atoms with Crippen molar-refractivity contribution in [3.63, 3.8) is 0 Å². The lowest BCUT2D eigenvalue weighted by Gasteiger charge is -2.37. The molecule has 3 atom stereocenters. The quantitative estimate of drug-likeness (QED) is 0.845. The Morgan fingerprint density at radius 1 is 1.30 bits per heavy atom. The van der Waals surface area contributed by atoms with Crippen LogP contribution in [0.4, 0.5) is 5.82 Å². The van der Waals surface area contributed by atoms with Crippen LogP contribution in [0.15, 0.2) is 6.07 Å². The minimum Gasteiger partial charge on any atom is -0.367 e. The molecular formula is C16H21N3O. The molecule has 4 heteroatoms. The molecule has 1 saturated heterocycles. The third-order valence-electron chi connectivity index (χ3n) is 5.32. The highest BCUT2D eigenvalue weighted by atomic mass is 16.5. The summed E-state index contributed by atoms with van der Waals surface area (Å²) in [7, 11) is 0. The highest BCUT2D eigenvalue weighted by Gasteiger charge is 2.42. The fraction of sp³-hybridized carbons (Fsp3) is 0.688. The highest BCUT2D eigenvalue weighted by molar-refractivity contribution is 5.58. The van der Waals surface area contributed by atoms with Gasteiger partial charge in [-0.15, -0.1) is 0 Å². The van der Waals surface area contributed by atoms with Gasteiger partial charge in [0.2, 0.25) is 0 Å². The van der Waals surface area contributed by atoms with Crippen molar-refractivity contribution in [1.82, 2.24) is 10.3 Å². The predicted molar refractivity (Wildman–Crippen MR) is 76.8 cm³/mol. The van der Waals surface area contributed by atoms with Crippen molar-refractivity contribution in [1.29, 1.82) is 0 Å². The number of aromatic nitrogens is 1. The van der Waals surface area contributed by atoms with Crippen LogP contribution in [0.25, 0.3) is 0 Å². The third-order valence-corrected chi connectivity index (χ3v) is 5.32. The Labute approximate surface area is 119 Å². The van der Waals surface area contributed by atoms with E-state index in [0.717, 1.165) is 32.0 Å². The third kappa shape index (κ3) is 1.52. The molecule has 2 fully saturated rings. The van der Waals surface area contributed by atoms with Crippen molar-refractivity contribution in [2.45, 2.75) is 51.0 Å². The minimum absolute atomic E-state index is 0.285. The Balaban J connectivity index is 1.58. The number of ether oxygens (including phenoxy) is 1. The molecule has 0 radical (unpaired) electrons. The van der Waals surface area contributed by atoms with Crippen LogP contribution in [0.1, 0.15) is 42.7 Å². The molecule has 0 aromatic carbocycles. The molecule has 0 amide bonds. The van der Waals surface area contributed by atoms with Crippen LogP contribution in [0.3, 0.4) is 0 Å². The maximum absolute atomic E-state index is 6.00. The molecule has 2 unspecified atom stereocenters. The molecule has 4 aliphatic rings. The largest absolute Gasteiger partial charge is 0.367 e. The second-order valence-electron chi connectivity index (χ2n) is 6.86. The van der Waals surface area contributed by atoms with Crippen molar-refractivity contribution >= 4 is 5.82 Å². The molecule has 106 valence electrons. The first kappa shape index (κ1) is 11.5. The summed E-state index contributed by atoms with van der Waals surface area (Å²) >= 11 is 0. The number of hydrogen-bond acceptors (Lipinski definition) is 4. The standard InChI is InChI=1S/C16H21N3O/c1-9-6-17-7-13-5-11-4-12-8-20-15(10-2-3-10)14(12)18-16(11)19(9)13/h4,9-10,13,15,17H,2-3,5-8H2,1H3/t9?,13-,15?/m1/s1. The number of rotatable bonds is 1. The number of anilines is 1. The topological polar surface area (TPSA) is 37.4 Å². The number of nitrogens with zero attached hydrogens (tertiary/aromatic N) is 2. The van der Waals surface area contributed by atoms with E-state index in [-0.39, 0.29) is 6.10 Å². The Kier molecular flexibility index (Phi) is 2.28. The number of piperazine rings is 1. The van der Waals surface area contributed by atoms with E-state index in [1.165, 1.54) is 35.5 Å². The van der Waals surface area contributed by atoms with Gasteiger partial charge in [0.15, 0.2) is 0 Å². The second kappa shape index (κ2) is 3.95. The van der Waals surface area contributed by atoms with E-state index in [0.29, 0.717) is 12.1 Å². The number of fused-ring (bicyclic) bond motifs is 4. The highest BCUT2D eigenvalue weighted by Crippen LogP contribution is 2.48. The van der Waals surface area contributed by atoms with E-state index in [9.17, 15) is 0 Å². The molecule has 1 saturated carbocycles. The van der Waals surface area contributed by atoms with Crippen molar-refractivity contribution in [2.24, 2.45) is 5.92 Å². The SMILES string of the molecule is CC1CNC[C@H]2Cc3cc4c(nc3N12)C(C1CC1)OC4. The number of hydrogen-bond donors (Lipinski definition) is 1. The summed E-state index contributed by atoms with van der Waals surface area (Å²) in [6.45, 7) is 5.23. The van der Waals surface area contributed by atoms with Crippen LogP contribution in [0, 0.1) is 5.92 Å². The Bertz CT molecular complexity index is 569. The van der Waals surface area contributed by atoms with Gasteiger partial charge >= 0.3 is 0 Å². The maximum atomic E-state index is 6.00. The molecule has 5 rings (SSSR count). The molecule has 1 aromatic rings. The fourth-order valence-electron chi connectivity index (χ4n) is 4.18. The van der Waals surface area contributed by atoms with Crippen molar-refractivity contribution in [2.75, 3.05) is 18.0 Å². The van der Waals surface area contributed by atoms with Gasteiger partial charge in [0.1, 0.15) is 11.9 Å². The van der Waals surface area contributed by atoms with Gasteiger partial charge in [-0.2, -0.15) is 0 Å². The van der Waals surface area contributed by atoms with Gasteiger partial charge in [-0.3, -0.25) is 0 Å². The summed E-state index contributed by atoms with van der Waals surface area (Å²) in [5.74, 6) is 1.98. The maximum Gasteiger partial charge on any atom is 0.132 e. The normalized spacial score (nSPS) is 34.9. The van der Waals surface area contributed by atoms with Gasteiger partial charge in [0.25, 0.3) is 0 Å². The smallest absolute Gasteiger partial charge is 0.132 e. The molecule has 3 aliphatic heterocycles. The van der Waals surface area contributed by atoms with Crippen molar-refractivity contribution in [3.8, 4) is 0 Å². The first-order valence-electron chi connectivity index (χ1n) is 7.94. The molecule has 1 N–H and O–H groups in total. The molecule has 1 aromatic heterocycles. The van der Waals surface area contributed by atoms with E-state index in [2.05, 4.69) is 23.2 Å². The van der Waals surface area contributed by atoms with Crippen LogP contribution in [-0.2, 0) is 17.8 Å². The average Bonchev–Trinajstić information content (AvgIpc) is 3.09. The number of nitrogens with one attached hydrogen (secondary N) is 1. The Hall–Kier alpha value is -1.13. The van der Waals surface area contributed by atoms with E-state index >= 15 is 0 Å². The van der Waals surface area contributed by atoms with E-state index in [1.807, 2.05) is 0 Å². The molecule has 4 nitrogen and oxygen atoms in total. The fourth-order valence-corrected chi connectivity index (χ4v) is 4.18. The van der Waals surface area contributed by atoms with Crippen LogP contribution in [0.5, 0.6) is 0 Å². The van der Waals surface area contributed by atoms with E-state index < -0.39 is 0 Å². The lowest BCUT2D eigenvalue weighted by atomic mass is 10.0. The van der Waals surface area contributed by atoms with Crippen LogP contribution >= 0.6 is 0 Å². The predicted octanol–water partition coefficient (Wildman–Crippen LogP) is 1.79. The molecular weight excluding hydrogens is 250 g/mol. The zero-order chi connectivity index (χ0) is 13.3. The molecule has 0 spiro atoms. The summed E-state index contributed by atoms with van der Waals surface area (Å²) in [4.78, 5) is 7.63. The molecule has 0 bridgehead atoms. The van der Waals surface area contributed by atoms with Crippen LogP contribution < -0.4 is 10.2 Å². The van der Waals surface area contributed by atoms with Gasteiger partial charge in [0.05, 0.1) is 12.3 Å². The van der Waals surface area contributed by atoms with Crippen LogP contribution in [-0.4, -0.2) is 30.2 Å². The lowest BCUT2D eigenvalue weighted by Crippen LogP contribution is -2.55. The monoisotopic (exact) mass is 271 g/mol. The van der Waals surface area contributed by atoms with Crippen molar-refractivity contribution < 1.29 is 4.74 Å². The summed E-state index contributed by atoms with van der Waals surface area (Å²) < 4.78 is 6.00. The summed E-state index contributed by atoms with van der Waals surface area (Å²) in [5, 5.41) is 3.54. The first-order valence-corrected chi connectivity index (χ1v) is 7.94. The summed E-state index contributed by atoms with van der Waals surface area (Å²) in [6.07, 6.45) is 4.05. The average molecular weight is 271 g/mol. The molecule has 1 aliphatic carbocycles. The van der Waals surface area contributed by atoms with Gasteiger partial charge in [-0.1, -0.05) is 0 Å². The lowest BCUT2D eigenvalue weighted by molar-refractivity contribution is 0.0488. The second-order valence-corrected chi connectivity index (χ2v) is 6.86. The van der Waals surface area contributed by atoms with Gasteiger partial charge in [-0.25, -0.2) is 4.98 Å². The van der Waals surface area contributed by atoms with Crippen molar-refractivity contribution in [3.05, 3.63) is 22.9 Å². The van der Waals surface area contributed by atoms with E-state index in [1.54, 1.807) is 0 Å². The van der Waals surface area contributed by atoms with Gasteiger partial charge in [0, 0.05) is 30.7 Å². The molecule has 4 heterocycles. The Morgan fingerprint density at radius 3 is 3.05 bits per heavy atom. The molecule has 20 heavy (non-hydrogen) atoms. The summed E-state index contributed by atoms with van der Waals surface area (Å²) in [5.41, 5.74) is 4.03. The minimum atomic E-state index is 0.285.